The summed E-state index contributed by atoms with van der Waals surface area (Å²) in [4.78, 5) is 10.4. The molecule has 0 saturated carbocycles. The second-order valence-electron chi connectivity index (χ2n) is 3.87. The average molecular weight is 238 g/mol. The van der Waals surface area contributed by atoms with Crippen LogP contribution in [0.15, 0.2) is 24.3 Å². The van der Waals surface area contributed by atoms with E-state index in [0.717, 1.165) is 24.7 Å². The van der Waals surface area contributed by atoms with Gasteiger partial charge in [-0.3, -0.25) is 4.79 Å². The van der Waals surface area contributed by atoms with Gasteiger partial charge in [0.25, 0.3) is 0 Å². The van der Waals surface area contributed by atoms with E-state index in [-0.39, 0.29) is 13.2 Å². The monoisotopic (exact) mass is 238 g/mol. The van der Waals surface area contributed by atoms with E-state index in [0.29, 0.717) is 12.2 Å². The van der Waals surface area contributed by atoms with E-state index in [4.69, 9.17) is 14.9 Å². The van der Waals surface area contributed by atoms with Crippen LogP contribution in [0.4, 0.5) is 0 Å². The number of hydrogen-bond acceptors (Lipinski definition) is 4. The molecule has 0 amide bonds. The molecular formula is C13H18O4. The smallest absolute Gasteiger partial charge is 0.150 e. The third-order valence-electron chi connectivity index (χ3n) is 2.39. The quantitative estimate of drug-likeness (QED) is 0.519. The summed E-state index contributed by atoms with van der Waals surface area (Å²) in [5, 5.41) is 17.6. The number of aliphatic hydroxyl groups is 2. The molecule has 0 aliphatic heterocycles. The summed E-state index contributed by atoms with van der Waals surface area (Å²) in [5.74, 6) is 0. The highest BCUT2D eigenvalue weighted by atomic mass is 16.5. The number of rotatable bonds is 8. The summed E-state index contributed by atoms with van der Waals surface area (Å²) in [5.41, 5.74) is 1.83. The van der Waals surface area contributed by atoms with Crippen molar-refractivity contribution in [2.24, 2.45) is 0 Å². The summed E-state index contributed by atoms with van der Waals surface area (Å²) in [6, 6.07) is 7.43. The molecule has 94 valence electrons. The minimum absolute atomic E-state index is 0.167. The predicted octanol–water partition coefficient (Wildman–Crippen LogP) is 0.802. The molecule has 0 fully saturated rings. The van der Waals surface area contributed by atoms with Gasteiger partial charge in [-0.25, -0.2) is 0 Å². The lowest BCUT2D eigenvalue weighted by atomic mass is 10.1. The summed E-state index contributed by atoms with van der Waals surface area (Å²) in [7, 11) is 0. The molecule has 0 bridgehead atoms. The molecule has 1 unspecified atom stereocenters. The van der Waals surface area contributed by atoms with Gasteiger partial charge in [-0.2, -0.15) is 0 Å². The van der Waals surface area contributed by atoms with Gasteiger partial charge in [-0.05, 0) is 18.4 Å². The Morgan fingerprint density at radius 3 is 2.59 bits per heavy atom. The van der Waals surface area contributed by atoms with Crippen LogP contribution >= 0.6 is 0 Å². The molecule has 0 aliphatic rings. The van der Waals surface area contributed by atoms with Gasteiger partial charge in [0, 0.05) is 12.2 Å². The van der Waals surface area contributed by atoms with Gasteiger partial charge in [0.2, 0.25) is 0 Å². The molecule has 0 spiro atoms. The van der Waals surface area contributed by atoms with Gasteiger partial charge >= 0.3 is 0 Å². The van der Waals surface area contributed by atoms with Crippen LogP contribution in [0.2, 0.25) is 0 Å². The molecule has 17 heavy (non-hydrogen) atoms. The van der Waals surface area contributed by atoms with Crippen molar-refractivity contribution in [3.63, 3.8) is 0 Å². The van der Waals surface area contributed by atoms with E-state index in [1.807, 2.05) is 12.1 Å². The molecular weight excluding hydrogens is 220 g/mol. The van der Waals surface area contributed by atoms with Crippen LogP contribution in [0.3, 0.4) is 0 Å². The minimum Gasteiger partial charge on any atom is -0.394 e. The maximum Gasteiger partial charge on any atom is 0.150 e. The molecule has 4 heteroatoms. The van der Waals surface area contributed by atoms with Crippen LogP contribution in [0.25, 0.3) is 0 Å². The number of hydrogen-bond donors (Lipinski definition) is 2. The van der Waals surface area contributed by atoms with Crippen molar-refractivity contribution in [1.29, 1.82) is 0 Å². The SMILES string of the molecule is O=Cc1ccc(CCCOCC(O)CO)cc1. The molecule has 1 aromatic carbocycles. The second kappa shape index (κ2) is 7.95. The van der Waals surface area contributed by atoms with Gasteiger partial charge in [-0.1, -0.05) is 24.3 Å². The molecule has 1 aromatic rings. The maximum absolute atomic E-state index is 10.4. The number of aliphatic hydroxyl groups excluding tert-OH is 2. The molecule has 4 nitrogen and oxygen atoms in total. The van der Waals surface area contributed by atoms with Crippen molar-refractivity contribution < 1.29 is 19.7 Å². The summed E-state index contributed by atoms with van der Waals surface area (Å²) in [6.07, 6.45) is 1.75. The molecule has 2 N–H and O–H groups in total. The van der Waals surface area contributed by atoms with Crippen LogP contribution in [0, 0.1) is 0 Å². The van der Waals surface area contributed by atoms with E-state index in [1.54, 1.807) is 12.1 Å². The number of benzene rings is 1. The van der Waals surface area contributed by atoms with Gasteiger partial charge < -0.3 is 14.9 Å². The summed E-state index contributed by atoms with van der Waals surface area (Å²) < 4.78 is 5.19. The first kappa shape index (κ1) is 13.8. The summed E-state index contributed by atoms with van der Waals surface area (Å²) >= 11 is 0. The zero-order chi connectivity index (χ0) is 12.5. The Bertz CT molecular complexity index is 321. The zero-order valence-electron chi connectivity index (χ0n) is 9.71. The van der Waals surface area contributed by atoms with Crippen LogP contribution in [0.5, 0.6) is 0 Å². The Labute approximate surface area is 101 Å². The first-order valence-electron chi connectivity index (χ1n) is 5.67. The lowest BCUT2D eigenvalue weighted by Crippen LogP contribution is -2.19. The molecule has 0 radical (unpaired) electrons. The molecule has 0 aromatic heterocycles. The zero-order valence-corrected chi connectivity index (χ0v) is 9.71. The highest BCUT2D eigenvalue weighted by Crippen LogP contribution is 2.05. The average Bonchev–Trinajstić information content (AvgIpc) is 2.38. The Balaban J connectivity index is 2.15. The standard InChI is InChI=1S/C13H18O4/c14-8-12-5-3-11(4-6-12)2-1-7-17-10-13(16)9-15/h3-6,8,13,15-16H,1-2,7,9-10H2. The third-order valence-corrected chi connectivity index (χ3v) is 2.39. The van der Waals surface area contributed by atoms with Crippen LogP contribution in [-0.2, 0) is 11.2 Å². The first-order valence-corrected chi connectivity index (χ1v) is 5.67. The van der Waals surface area contributed by atoms with Crippen LogP contribution < -0.4 is 0 Å². The van der Waals surface area contributed by atoms with E-state index < -0.39 is 6.10 Å². The van der Waals surface area contributed by atoms with E-state index in [1.165, 1.54) is 0 Å². The maximum atomic E-state index is 10.4. The van der Waals surface area contributed by atoms with E-state index >= 15 is 0 Å². The van der Waals surface area contributed by atoms with E-state index in [2.05, 4.69) is 0 Å². The van der Waals surface area contributed by atoms with Gasteiger partial charge in [-0.15, -0.1) is 0 Å². The topological polar surface area (TPSA) is 66.8 Å². The number of aldehydes is 1. The minimum atomic E-state index is -0.790. The third kappa shape index (κ3) is 5.58. The first-order chi connectivity index (χ1) is 8.26. The Morgan fingerprint density at radius 1 is 1.29 bits per heavy atom. The van der Waals surface area contributed by atoms with Crippen molar-refractivity contribution in [2.45, 2.75) is 18.9 Å². The highest BCUT2D eigenvalue weighted by Gasteiger charge is 2.01. The lowest BCUT2D eigenvalue weighted by Gasteiger charge is -2.08. The van der Waals surface area contributed by atoms with Gasteiger partial charge in [0.05, 0.1) is 13.2 Å². The number of ether oxygens (including phenoxy) is 1. The molecule has 0 heterocycles. The normalized spacial score (nSPS) is 12.4. The number of aryl methyl sites for hydroxylation is 1. The Kier molecular flexibility index (Phi) is 6.47. The van der Waals surface area contributed by atoms with Crippen molar-refractivity contribution >= 4 is 6.29 Å². The molecule has 0 saturated heterocycles. The fourth-order valence-corrected chi connectivity index (χ4v) is 1.41. The number of carbonyl (C=O) groups excluding carboxylic acids is 1. The van der Waals surface area contributed by atoms with E-state index in [9.17, 15) is 4.79 Å². The van der Waals surface area contributed by atoms with Crippen molar-refractivity contribution in [1.82, 2.24) is 0 Å². The molecule has 1 rings (SSSR count). The van der Waals surface area contributed by atoms with Crippen molar-refractivity contribution in [3.8, 4) is 0 Å². The lowest BCUT2D eigenvalue weighted by molar-refractivity contribution is 0.00575. The Hall–Kier alpha value is -1.23. The van der Waals surface area contributed by atoms with Crippen molar-refractivity contribution in [3.05, 3.63) is 35.4 Å². The van der Waals surface area contributed by atoms with Gasteiger partial charge in [0.15, 0.2) is 0 Å². The van der Waals surface area contributed by atoms with Crippen LogP contribution in [-0.4, -0.2) is 42.4 Å². The highest BCUT2D eigenvalue weighted by molar-refractivity contribution is 5.74. The largest absolute Gasteiger partial charge is 0.394 e. The molecule has 1 atom stereocenters. The number of carbonyl (C=O) groups is 1. The molecule has 0 aliphatic carbocycles. The fraction of sp³-hybridized carbons (Fsp3) is 0.462. The predicted molar refractivity (Wildman–Crippen MR) is 64.1 cm³/mol. The Morgan fingerprint density at radius 2 is 2.00 bits per heavy atom. The summed E-state index contributed by atoms with van der Waals surface area (Å²) in [6.45, 7) is 0.445. The van der Waals surface area contributed by atoms with Gasteiger partial charge in [0.1, 0.15) is 12.4 Å². The fourth-order valence-electron chi connectivity index (χ4n) is 1.41. The second-order valence-corrected chi connectivity index (χ2v) is 3.87. The van der Waals surface area contributed by atoms with Crippen molar-refractivity contribution in [2.75, 3.05) is 19.8 Å². The van der Waals surface area contributed by atoms with Crippen LogP contribution in [0.1, 0.15) is 22.3 Å².